The van der Waals surface area contributed by atoms with Crippen molar-refractivity contribution in [2.24, 2.45) is 11.7 Å². The van der Waals surface area contributed by atoms with Crippen LogP contribution in [0.1, 0.15) is 30.6 Å². The molecule has 130 valence electrons. The molecule has 8 heteroatoms. The Labute approximate surface area is 137 Å². The molecule has 0 aliphatic heterocycles. The van der Waals surface area contributed by atoms with Crippen LogP contribution in [0, 0.1) is 5.92 Å². The van der Waals surface area contributed by atoms with Gasteiger partial charge in [0.2, 0.25) is 10.0 Å². The third-order valence-corrected chi connectivity index (χ3v) is 4.77. The number of esters is 1. The molecule has 0 radical (unpaired) electrons. The number of hydrogen-bond acceptors (Lipinski definition) is 6. The van der Waals surface area contributed by atoms with E-state index in [0.717, 1.165) is 0 Å². The molecular weight excluding hydrogens is 320 g/mol. The van der Waals surface area contributed by atoms with Gasteiger partial charge in [-0.15, -0.1) is 0 Å². The van der Waals surface area contributed by atoms with Crippen molar-refractivity contribution in [3.63, 3.8) is 0 Å². The van der Waals surface area contributed by atoms with E-state index >= 15 is 0 Å². The molecule has 1 atom stereocenters. The number of nitrogens with one attached hydrogen (secondary N) is 1. The largest absolute Gasteiger partial charge is 0.496 e. The Hall–Kier alpha value is -1.64. The summed E-state index contributed by atoms with van der Waals surface area (Å²) >= 11 is 0. The number of ether oxygens (including phenoxy) is 2. The van der Waals surface area contributed by atoms with Gasteiger partial charge in [-0.25, -0.2) is 17.9 Å². The van der Waals surface area contributed by atoms with Gasteiger partial charge in [0, 0.05) is 12.6 Å². The molecule has 0 aromatic heterocycles. The maximum atomic E-state index is 12.5. The minimum Gasteiger partial charge on any atom is -0.496 e. The number of carbonyl (C=O) groups excluding carboxylic acids is 1. The molecule has 1 aromatic carbocycles. The minimum absolute atomic E-state index is 0.0408. The van der Waals surface area contributed by atoms with Crippen molar-refractivity contribution in [1.82, 2.24) is 4.72 Å². The molecule has 0 fully saturated rings. The van der Waals surface area contributed by atoms with Gasteiger partial charge < -0.3 is 15.2 Å². The van der Waals surface area contributed by atoms with Crippen LogP contribution in [0.5, 0.6) is 5.75 Å². The molecule has 0 spiro atoms. The lowest BCUT2D eigenvalue weighted by Crippen LogP contribution is -2.41. The first-order valence-electron chi connectivity index (χ1n) is 7.23. The summed E-state index contributed by atoms with van der Waals surface area (Å²) in [5.74, 6) is -0.127. The van der Waals surface area contributed by atoms with E-state index in [2.05, 4.69) is 9.46 Å². The number of nitrogens with two attached hydrogens (primary N) is 1. The van der Waals surface area contributed by atoms with Gasteiger partial charge in [0.1, 0.15) is 11.3 Å². The van der Waals surface area contributed by atoms with E-state index in [4.69, 9.17) is 10.5 Å². The van der Waals surface area contributed by atoms with Crippen LogP contribution in [0.3, 0.4) is 0 Å². The van der Waals surface area contributed by atoms with E-state index in [1.54, 1.807) is 0 Å². The van der Waals surface area contributed by atoms with Gasteiger partial charge in [0.25, 0.3) is 0 Å². The fourth-order valence-electron chi connectivity index (χ4n) is 2.17. The lowest BCUT2D eigenvalue weighted by molar-refractivity contribution is 0.0597. The highest BCUT2D eigenvalue weighted by Crippen LogP contribution is 2.23. The number of hydrogen-bond donors (Lipinski definition) is 2. The summed E-state index contributed by atoms with van der Waals surface area (Å²) in [6.07, 6.45) is 0.621. The highest BCUT2D eigenvalue weighted by Gasteiger charge is 2.23. The standard InChI is InChI=1S/C15H24N2O5S/c1-10(2)7-11(9-16)17-23(19,20)12-5-6-14(21-3)13(8-12)15(18)22-4/h5-6,8,10-11,17H,7,9,16H2,1-4H3. The van der Waals surface area contributed by atoms with E-state index in [0.29, 0.717) is 12.3 Å². The number of carbonyl (C=O) groups is 1. The zero-order valence-electron chi connectivity index (χ0n) is 13.8. The topological polar surface area (TPSA) is 108 Å². The van der Waals surface area contributed by atoms with Gasteiger partial charge in [-0.2, -0.15) is 0 Å². The quantitative estimate of drug-likeness (QED) is 0.685. The van der Waals surface area contributed by atoms with Crippen LogP contribution in [0.25, 0.3) is 0 Å². The van der Waals surface area contributed by atoms with Gasteiger partial charge in [0.05, 0.1) is 19.1 Å². The molecule has 7 nitrogen and oxygen atoms in total. The SMILES string of the molecule is COC(=O)c1cc(S(=O)(=O)NC(CN)CC(C)C)ccc1OC. The zero-order valence-corrected chi connectivity index (χ0v) is 14.6. The maximum absolute atomic E-state index is 12.5. The molecule has 0 amide bonds. The van der Waals surface area contributed by atoms with E-state index in [1.165, 1.54) is 32.4 Å². The number of methoxy groups -OCH3 is 2. The van der Waals surface area contributed by atoms with Crippen LogP contribution in [-0.4, -0.2) is 41.2 Å². The molecule has 23 heavy (non-hydrogen) atoms. The van der Waals surface area contributed by atoms with Gasteiger partial charge in [-0.1, -0.05) is 13.8 Å². The third kappa shape index (κ3) is 5.19. The van der Waals surface area contributed by atoms with Crippen LogP contribution < -0.4 is 15.2 Å². The fraction of sp³-hybridized carbons (Fsp3) is 0.533. The number of benzene rings is 1. The predicted octanol–water partition coefficient (Wildman–Crippen LogP) is 1.13. The van der Waals surface area contributed by atoms with Crippen LogP contribution >= 0.6 is 0 Å². The fourth-order valence-corrected chi connectivity index (χ4v) is 3.46. The molecule has 0 bridgehead atoms. The van der Waals surface area contributed by atoms with Crippen molar-refractivity contribution in [2.45, 2.75) is 31.2 Å². The van der Waals surface area contributed by atoms with Gasteiger partial charge in [0.15, 0.2) is 0 Å². The highest BCUT2D eigenvalue weighted by atomic mass is 32.2. The second kappa shape index (κ2) is 8.28. The lowest BCUT2D eigenvalue weighted by Gasteiger charge is -2.19. The molecule has 0 aliphatic carbocycles. The molecule has 1 rings (SSSR count). The Morgan fingerprint density at radius 1 is 1.30 bits per heavy atom. The Balaban J connectivity index is 3.15. The Bertz CT molecular complexity index is 643. The maximum Gasteiger partial charge on any atom is 0.341 e. The Morgan fingerprint density at radius 2 is 1.96 bits per heavy atom. The molecule has 0 saturated heterocycles. The average molecular weight is 344 g/mol. The van der Waals surface area contributed by atoms with Crippen molar-refractivity contribution in [1.29, 1.82) is 0 Å². The zero-order chi connectivity index (χ0) is 17.6. The van der Waals surface area contributed by atoms with Crippen molar-refractivity contribution >= 4 is 16.0 Å². The summed E-state index contributed by atoms with van der Waals surface area (Å²) in [6.45, 7) is 4.16. The Morgan fingerprint density at radius 3 is 2.43 bits per heavy atom. The van der Waals surface area contributed by atoms with Crippen molar-refractivity contribution in [2.75, 3.05) is 20.8 Å². The van der Waals surface area contributed by atoms with Crippen LogP contribution in [0.2, 0.25) is 0 Å². The summed E-state index contributed by atoms with van der Waals surface area (Å²) in [5, 5.41) is 0. The van der Waals surface area contributed by atoms with E-state index < -0.39 is 16.0 Å². The van der Waals surface area contributed by atoms with Crippen LogP contribution in [-0.2, 0) is 14.8 Å². The molecule has 0 heterocycles. The van der Waals surface area contributed by atoms with E-state index in [1.807, 2.05) is 13.8 Å². The van der Waals surface area contributed by atoms with Gasteiger partial charge in [-0.3, -0.25) is 0 Å². The third-order valence-electron chi connectivity index (χ3n) is 3.25. The highest BCUT2D eigenvalue weighted by molar-refractivity contribution is 7.89. The van der Waals surface area contributed by atoms with Gasteiger partial charge >= 0.3 is 5.97 Å². The smallest absolute Gasteiger partial charge is 0.341 e. The normalized spacial score (nSPS) is 13.0. The second-order valence-corrected chi connectivity index (χ2v) is 7.25. The van der Waals surface area contributed by atoms with Crippen molar-refractivity contribution < 1.29 is 22.7 Å². The lowest BCUT2D eigenvalue weighted by atomic mass is 10.1. The first-order chi connectivity index (χ1) is 10.7. The molecule has 1 unspecified atom stereocenters. The van der Waals surface area contributed by atoms with E-state index in [9.17, 15) is 13.2 Å². The molecule has 0 aliphatic rings. The van der Waals surface area contributed by atoms with Gasteiger partial charge in [-0.05, 0) is 30.5 Å². The summed E-state index contributed by atoms with van der Waals surface area (Å²) in [5.41, 5.74) is 5.68. The summed E-state index contributed by atoms with van der Waals surface area (Å²) in [6, 6.07) is 3.65. The Kier molecular flexibility index (Phi) is 6.99. The minimum atomic E-state index is -3.80. The monoisotopic (exact) mass is 344 g/mol. The molecule has 1 aromatic rings. The number of rotatable bonds is 8. The van der Waals surface area contributed by atoms with Crippen LogP contribution in [0.15, 0.2) is 23.1 Å². The van der Waals surface area contributed by atoms with Crippen LogP contribution in [0.4, 0.5) is 0 Å². The average Bonchev–Trinajstić information content (AvgIpc) is 2.51. The summed E-state index contributed by atoms with van der Waals surface area (Å²) in [4.78, 5) is 11.7. The molecule has 3 N–H and O–H groups in total. The predicted molar refractivity (Wildman–Crippen MR) is 87.0 cm³/mol. The van der Waals surface area contributed by atoms with Crippen molar-refractivity contribution in [3.8, 4) is 5.75 Å². The molecular formula is C15H24N2O5S. The van der Waals surface area contributed by atoms with Crippen molar-refractivity contribution in [3.05, 3.63) is 23.8 Å². The first-order valence-corrected chi connectivity index (χ1v) is 8.72. The summed E-state index contributed by atoms with van der Waals surface area (Å²) in [7, 11) is -1.19. The molecule has 0 saturated carbocycles. The number of sulfonamides is 1. The van der Waals surface area contributed by atoms with E-state index in [-0.39, 0.29) is 28.8 Å². The second-order valence-electron chi connectivity index (χ2n) is 5.54. The first kappa shape index (κ1) is 19.4. The summed E-state index contributed by atoms with van der Waals surface area (Å²) < 4.78 is 37.2.